The number of ether oxygens (including phenoxy) is 1. The summed E-state index contributed by atoms with van der Waals surface area (Å²) in [5, 5.41) is 0.778. The number of halogens is 1. The third kappa shape index (κ3) is 4.65. The first-order chi connectivity index (χ1) is 7.26. The second-order valence-corrected chi connectivity index (χ2v) is 4.15. The standard InChI is InChI=1S/C12H18ClNO/c1-15-7-6-11(9-14)8-10-2-4-12(13)5-3-10/h2-5,11H,6-9,14H2,1H3. The molecule has 0 saturated heterocycles. The minimum absolute atomic E-state index is 0.492. The lowest BCUT2D eigenvalue weighted by molar-refractivity contribution is 0.178. The van der Waals surface area contributed by atoms with Gasteiger partial charge in [0.1, 0.15) is 0 Å². The largest absolute Gasteiger partial charge is 0.385 e. The van der Waals surface area contributed by atoms with Gasteiger partial charge in [-0.2, -0.15) is 0 Å². The van der Waals surface area contributed by atoms with E-state index in [0.717, 1.165) is 24.5 Å². The summed E-state index contributed by atoms with van der Waals surface area (Å²) in [4.78, 5) is 0. The molecule has 0 aliphatic rings. The molecule has 1 atom stereocenters. The predicted octanol–water partition coefficient (Wildman–Crippen LogP) is 2.49. The van der Waals surface area contributed by atoms with Crippen LogP contribution in [0.5, 0.6) is 0 Å². The van der Waals surface area contributed by atoms with Gasteiger partial charge in [0.15, 0.2) is 0 Å². The molecule has 1 unspecified atom stereocenters. The lowest BCUT2D eigenvalue weighted by atomic mass is 9.97. The lowest BCUT2D eigenvalue weighted by Crippen LogP contribution is -2.18. The molecule has 84 valence electrons. The molecule has 0 spiro atoms. The lowest BCUT2D eigenvalue weighted by Gasteiger charge is -2.14. The van der Waals surface area contributed by atoms with Crippen LogP contribution in [0.4, 0.5) is 0 Å². The molecule has 15 heavy (non-hydrogen) atoms. The summed E-state index contributed by atoms with van der Waals surface area (Å²) in [6.45, 7) is 1.47. The number of hydrogen-bond donors (Lipinski definition) is 1. The highest BCUT2D eigenvalue weighted by molar-refractivity contribution is 6.30. The fourth-order valence-electron chi connectivity index (χ4n) is 1.54. The van der Waals surface area contributed by atoms with Crippen molar-refractivity contribution >= 4 is 11.6 Å². The van der Waals surface area contributed by atoms with Gasteiger partial charge in [-0.05, 0) is 43.0 Å². The highest BCUT2D eigenvalue weighted by atomic mass is 35.5. The van der Waals surface area contributed by atoms with Gasteiger partial charge in [-0.1, -0.05) is 23.7 Å². The third-order valence-corrected chi connectivity index (χ3v) is 2.75. The summed E-state index contributed by atoms with van der Waals surface area (Å²) in [5.41, 5.74) is 6.99. The Morgan fingerprint density at radius 1 is 1.33 bits per heavy atom. The average Bonchev–Trinajstić information content (AvgIpc) is 2.27. The van der Waals surface area contributed by atoms with Crippen LogP contribution in [0.15, 0.2) is 24.3 Å². The monoisotopic (exact) mass is 227 g/mol. The number of benzene rings is 1. The Bertz CT molecular complexity index is 273. The Balaban J connectivity index is 2.47. The molecule has 1 rings (SSSR count). The number of nitrogens with two attached hydrogens (primary N) is 1. The van der Waals surface area contributed by atoms with Crippen LogP contribution in [0, 0.1) is 5.92 Å². The zero-order chi connectivity index (χ0) is 11.1. The van der Waals surface area contributed by atoms with E-state index in [1.165, 1.54) is 5.56 Å². The zero-order valence-corrected chi connectivity index (χ0v) is 9.83. The third-order valence-electron chi connectivity index (χ3n) is 2.50. The first-order valence-corrected chi connectivity index (χ1v) is 5.57. The molecule has 0 bridgehead atoms. The SMILES string of the molecule is COCCC(CN)Cc1ccc(Cl)cc1. The minimum atomic E-state index is 0.492. The van der Waals surface area contributed by atoms with Crippen molar-refractivity contribution in [3.8, 4) is 0 Å². The maximum Gasteiger partial charge on any atom is 0.0465 e. The molecule has 0 saturated carbocycles. The number of methoxy groups -OCH3 is 1. The van der Waals surface area contributed by atoms with Crippen molar-refractivity contribution in [3.05, 3.63) is 34.9 Å². The van der Waals surface area contributed by atoms with E-state index in [4.69, 9.17) is 22.1 Å². The number of rotatable bonds is 6. The Morgan fingerprint density at radius 3 is 2.53 bits per heavy atom. The maximum absolute atomic E-state index is 5.82. The van der Waals surface area contributed by atoms with Crippen molar-refractivity contribution in [3.63, 3.8) is 0 Å². The fraction of sp³-hybridized carbons (Fsp3) is 0.500. The zero-order valence-electron chi connectivity index (χ0n) is 9.08. The van der Waals surface area contributed by atoms with Gasteiger partial charge >= 0.3 is 0 Å². The summed E-state index contributed by atoms with van der Waals surface area (Å²) in [6, 6.07) is 7.94. The van der Waals surface area contributed by atoms with Gasteiger partial charge in [-0.3, -0.25) is 0 Å². The molecule has 0 aliphatic heterocycles. The van der Waals surface area contributed by atoms with E-state index in [1.807, 2.05) is 12.1 Å². The van der Waals surface area contributed by atoms with Crippen molar-refractivity contribution in [2.75, 3.05) is 20.3 Å². The number of hydrogen-bond acceptors (Lipinski definition) is 2. The van der Waals surface area contributed by atoms with E-state index < -0.39 is 0 Å². The molecule has 0 fully saturated rings. The van der Waals surface area contributed by atoms with Crippen LogP contribution in [0.3, 0.4) is 0 Å². The molecule has 0 radical (unpaired) electrons. The maximum atomic E-state index is 5.82. The topological polar surface area (TPSA) is 35.2 Å². The highest BCUT2D eigenvalue weighted by Gasteiger charge is 2.07. The van der Waals surface area contributed by atoms with Crippen LogP contribution >= 0.6 is 11.6 Å². The summed E-state index contributed by atoms with van der Waals surface area (Å²) >= 11 is 5.82. The molecule has 1 aromatic rings. The smallest absolute Gasteiger partial charge is 0.0465 e. The van der Waals surface area contributed by atoms with Gasteiger partial charge < -0.3 is 10.5 Å². The van der Waals surface area contributed by atoms with Gasteiger partial charge in [-0.15, -0.1) is 0 Å². The Labute approximate surface area is 96.4 Å². The van der Waals surface area contributed by atoms with Crippen molar-refractivity contribution in [1.29, 1.82) is 0 Å². The van der Waals surface area contributed by atoms with Gasteiger partial charge in [0, 0.05) is 18.7 Å². The molecular weight excluding hydrogens is 210 g/mol. The van der Waals surface area contributed by atoms with Crippen LogP contribution in [-0.4, -0.2) is 20.3 Å². The first-order valence-electron chi connectivity index (χ1n) is 5.19. The van der Waals surface area contributed by atoms with Crippen LogP contribution < -0.4 is 5.73 Å². The van der Waals surface area contributed by atoms with Gasteiger partial charge in [0.25, 0.3) is 0 Å². The summed E-state index contributed by atoms with van der Waals surface area (Å²) in [6.07, 6.45) is 2.01. The van der Waals surface area contributed by atoms with E-state index in [9.17, 15) is 0 Å². The van der Waals surface area contributed by atoms with E-state index in [-0.39, 0.29) is 0 Å². The highest BCUT2D eigenvalue weighted by Crippen LogP contribution is 2.14. The van der Waals surface area contributed by atoms with Crippen LogP contribution in [-0.2, 0) is 11.2 Å². The molecule has 0 aliphatic carbocycles. The van der Waals surface area contributed by atoms with E-state index >= 15 is 0 Å². The predicted molar refractivity (Wildman–Crippen MR) is 64.2 cm³/mol. The molecular formula is C12H18ClNO. The summed E-state index contributed by atoms with van der Waals surface area (Å²) in [7, 11) is 1.72. The van der Waals surface area contributed by atoms with Crippen LogP contribution in [0.25, 0.3) is 0 Å². The van der Waals surface area contributed by atoms with Gasteiger partial charge in [0.2, 0.25) is 0 Å². The second-order valence-electron chi connectivity index (χ2n) is 3.71. The molecule has 0 amide bonds. The minimum Gasteiger partial charge on any atom is -0.385 e. The van der Waals surface area contributed by atoms with E-state index in [2.05, 4.69) is 12.1 Å². The molecule has 0 heterocycles. The van der Waals surface area contributed by atoms with Crippen LogP contribution in [0.2, 0.25) is 5.02 Å². The van der Waals surface area contributed by atoms with E-state index in [0.29, 0.717) is 12.5 Å². The molecule has 0 aromatic heterocycles. The molecule has 2 nitrogen and oxygen atoms in total. The van der Waals surface area contributed by atoms with Crippen LogP contribution in [0.1, 0.15) is 12.0 Å². The van der Waals surface area contributed by atoms with E-state index in [1.54, 1.807) is 7.11 Å². The molecule has 3 heteroatoms. The van der Waals surface area contributed by atoms with Gasteiger partial charge in [0.05, 0.1) is 0 Å². The van der Waals surface area contributed by atoms with Crippen molar-refractivity contribution in [1.82, 2.24) is 0 Å². The Kier molecular flexibility index (Phi) is 5.69. The quantitative estimate of drug-likeness (QED) is 0.811. The normalized spacial score (nSPS) is 12.7. The summed E-state index contributed by atoms with van der Waals surface area (Å²) in [5.74, 6) is 0.492. The van der Waals surface area contributed by atoms with Crippen molar-refractivity contribution in [2.45, 2.75) is 12.8 Å². The van der Waals surface area contributed by atoms with Crippen molar-refractivity contribution in [2.24, 2.45) is 11.7 Å². The Morgan fingerprint density at radius 2 is 2.00 bits per heavy atom. The second kappa shape index (κ2) is 6.83. The summed E-state index contributed by atoms with van der Waals surface area (Å²) < 4.78 is 5.05. The fourth-order valence-corrected chi connectivity index (χ4v) is 1.67. The Hall–Kier alpha value is -0.570. The average molecular weight is 228 g/mol. The van der Waals surface area contributed by atoms with Crippen molar-refractivity contribution < 1.29 is 4.74 Å². The first kappa shape index (κ1) is 12.5. The van der Waals surface area contributed by atoms with Gasteiger partial charge in [-0.25, -0.2) is 0 Å². The molecule has 1 aromatic carbocycles. The molecule has 2 N–H and O–H groups in total.